The molecule has 4 rings (SSSR count). The van der Waals surface area contributed by atoms with Crippen molar-refractivity contribution in [1.29, 1.82) is 0 Å². The van der Waals surface area contributed by atoms with Gasteiger partial charge in [0.05, 0.1) is 18.5 Å². The van der Waals surface area contributed by atoms with Crippen LogP contribution in [0.25, 0.3) is 16.2 Å². The number of nitrogens with one attached hydrogen (secondary N) is 1. The first-order chi connectivity index (χ1) is 12.7. The highest BCUT2D eigenvalue weighted by Crippen LogP contribution is 2.29. The molecule has 0 spiro atoms. The van der Waals surface area contributed by atoms with E-state index in [2.05, 4.69) is 10.3 Å². The van der Waals surface area contributed by atoms with Gasteiger partial charge in [-0.2, -0.15) is 0 Å². The van der Waals surface area contributed by atoms with Crippen molar-refractivity contribution in [3.05, 3.63) is 71.6 Å². The summed E-state index contributed by atoms with van der Waals surface area (Å²) in [4.78, 5) is 18.0. The van der Waals surface area contributed by atoms with Crippen molar-refractivity contribution < 1.29 is 13.9 Å². The van der Waals surface area contributed by atoms with E-state index in [1.54, 1.807) is 6.07 Å². The van der Waals surface area contributed by atoms with Crippen LogP contribution in [0.15, 0.2) is 60.2 Å². The van der Waals surface area contributed by atoms with Crippen LogP contribution >= 0.6 is 11.3 Å². The lowest BCUT2D eigenvalue weighted by Crippen LogP contribution is -2.13. The molecule has 7 heteroatoms. The number of thiazole rings is 1. The van der Waals surface area contributed by atoms with Crippen molar-refractivity contribution in [3.8, 4) is 17.0 Å². The number of fused-ring (bicyclic) bond motifs is 1. The number of amides is 1. The maximum Gasteiger partial charge on any atom is 0.255 e. The summed E-state index contributed by atoms with van der Waals surface area (Å²) in [6.07, 6.45) is 3.84. The molecule has 2 aromatic carbocycles. The molecule has 0 aliphatic heterocycles. The highest BCUT2D eigenvalue weighted by Gasteiger charge is 2.14. The third kappa shape index (κ3) is 2.93. The van der Waals surface area contributed by atoms with Gasteiger partial charge >= 0.3 is 0 Å². The summed E-state index contributed by atoms with van der Waals surface area (Å²) in [6.45, 7) is 0. The molecule has 0 aliphatic carbocycles. The number of hydrogen-bond acceptors (Lipinski definition) is 4. The van der Waals surface area contributed by atoms with E-state index >= 15 is 0 Å². The van der Waals surface area contributed by atoms with Gasteiger partial charge in [0.1, 0.15) is 0 Å². The molecule has 1 N–H and O–H groups in total. The number of aromatic nitrogens is 2. The van der Waals surface area contributed by atoms with Gasteiger partial charge in [0, 0.05) is 28.9 Å². The lowest BCUT2D eigenvalue weighted by Gasteiger charge is -2.10. The summed E-state index contributed by atoms with van der Waals surface area (Å²) < 4.78 is 20.7. The molecule has 26 heavy (non-hydrogen) atoms. The standard InChI is InChI=1S/C19H14FN3O2S/c1-25-17-7-6-12(10-14(17)20)18(24)21-15-5-3-2-4-13(15)16-11-23-8-9-26-19(23)22-16/h2-11H,1H3,(H,21,24). The van der Waals surface area contributed by atoms with Crippen molar-refractivity contribution in [2.45, 2.75) is 0 Å². The smallest absolute Gasteiger partial charge is 0.255 e. The molecule has 5 nitrogen and oxygen atoms in total. The number of carbonyl (C=O) groups excluding carboxylic acids is 1. The minimum absolute atomic E-state index is 0.0973. The van der Waals surface area contributed by atoms with E-state index in [4.69, 9.17) is 4.74 Å². The summed E-state index contributed by atoms with van der Waals surface area (Å²) in [5.74, 6) is -0.886. The minimum Gasteiger partial charge on any atom is -0.494 e. The molecule has 0 saturated heterocycles. The predicted octanol–water partition coefficient (Wildman–Crippen LogP) is 4.46. The van der Waals surface area contributed by atoms with E-state index in [1.807, 2.05) is 40.4 Å². The number of imidazole rings is 1. The number of rotatable bonds is 4. The number of carbonyl (C=O) groups is 1. The topological polar surface area (TPSA) is 55.6 Å². The maximum atomic E-state index is 13.9. The highest BCUT2D eigenvalue weighted by atomic mass is 32.1. The van der Waals surface area contributed by atoms with Crippen molar-refractivity contribution in [2.75, 3.05) is 12.4 Å². The van der Waals surface area contributed by atoms with Crippen molar-refractivity contribution >= 4 is 27.9 Å². The van der Waals surface area contributed by atoms with Crippen molar-refractivity contribution in [2.24, 2.45) is 0 Å². The SMILES string of the molecule is COc1ccc(C(=O)Nc2ccccc2-c2cn3ccsc3n2)cc1F. The summed E-state index contributed by atoms with van der Waals surface area (Å²) in [7, 11) is 1.38. The van der Waals surface area contributed by atoms with Gasteiger partial charge in [-0.1, -0.05) is 18.2 Å². The zero-order valence-electron chi connectivity index (χ0n) is 13.8. The number of para-hydroxylation sites is 1. The number of halogens is 1. The average molecular weight is 367 g/mol. The Bertz CT molecular complexity index is 1070. The zero-order valence-corrected chi connectivity index (χ0v) is 14.6. The first-order valence-electron chi connectivity index (χ1n) is 7.82. The molecule has 0 bridgehead atoms. The molecule has 0 aliphatic rings. The Morgan fingerprint density at radius 3 is 2.88 bits per heavy atom. The van der Waals surface area contributed by atoms with Crippen molar-refractivity contribution in [3.63, 3.8) is 0 Å². The number of anilines is 1. The fraction of sp³-hybridized carbons (Fsp3) is 0.0526. The van der Waals surface area contributed by atoms with Crippen LogP contribution in [-0.4, -0.2) is 22.4 Å². The normalized spacial score (nSPS) is 10.8. The first-order valence-corrected chi connectivity index (χ1v) is 8.70. The van der Waals surface area contributed by atoms with E-state index in [1.165, 1.54) is 30.6 Å². The number of methoxy groups -OCH3 is 1. The van der Waals surface area contributed by atoms with Gasteiger partial charge in [0.15, 0.2) is 16.5 Å². The highest BCUT2D eigenvalue weighted by molar-refractivity contribution is 7.15. The quantitative estimate of drug-likeness (QED) is 0.579. The maximum absolute atomic E-state index is 13.9. The third-order valence-electron chi connectivity index (χ3n) is 3.96. The fourth-order valence-electron chi connectivity index (χ4n) is 2.67. The molecule has 0 fully saturated rings. The fourth-order valence-corrected chi connectivity index (χ4v) is 3.37. The number of ether oxygens (including phenoxy) is 1. The second kappa shape index (κ2) is 6.61. The molecule has 2 heterocycles. The van der Waals surface area contributed by atoms with Crippen LogP contribution in [0.1, 0.15) is 10.4 Å². The van der Waals surface area contributed by atoms with Crippen LogP contribution in [0.2, 0.25) is 0 Å². The van der Waals surface area contributed by atoms with Gasteiger partial charge in [-0.3, -0.25) is 9.20 Å². The second-order valence-electron chi connectivity index (χ2n) is 5.57. The summed E-state index contributed by atoms with van der Waals surface area (Å²) in [6, 6.07) is 11.5. The Balaban J connectivity index is 1.65. The van der Waals surface area contributed by atoms with E-state index in [-0.39, 0.29) is 11.3 Å². The van der Waals surface area contributed by atoms with E-state index in [9.17, 15) is 9.18 Å². The van der Waals surface area contributed by atoms with Gasteiger partial charge in [-0.05, 0) is 24.3 Å². The molecule has 4 aromatic rings. The number of nitrogens with zero attached hydrogens (tertiary/aromatic N) is 2. The second-order valence-corrected chi connectivity index (χ2v) is 6.44. The Hall–Kier alpha value is -3.19. The Morgan fingerprint density at radius 2 is 2.12 bits per heavy atom. The molecule has 0 radical (unpaired) electrons. The lowest BCUT2D eigenvalue weighted by molar-refractivity contribution is 0.102. The van der Waals surface area contributed by atoms with Crippen LogP contribution in [-0.2, 0) is 0 Å². The molecule has 2 aromatic heterocycles. The van der Waals surface area contributed by atoms with Crippen LogP contribution in [0.4, 0.5) is 10.1 Å². The first kappa shape index (κ1) is 16.3. The summed E-state index contributed by atoms with van der Waals surface area (Å²) in [5, 5.41) is 4.79. The van der Waals surface area contributed by atoms with E-state index < -0.39 is 11.7 Å². The Morgan fingerprint density at radius 1 is 1.27 bits per heavy atom. The number of benzene rings is 2. The Labute approximate surface area is 152 Å². The van der Waals surface area contributed by atoms with Gasteiger partial charge in [-0.15, -0.1) is 11.3 Å². The third-order valence-corrected chi connectivity index (χ3v) is 4.73. The molecule has 130 valence electrons. The predicted molar refractivity (Wildman–Crippen MR) is 99.4 cm³/mol. The van der Waals surface area contributed by atoms with Gasteiger partial charge in [0.2, 0.25) is 0 Å². The largest absolute Gasteiger partial charge is 0.494 e. The summed E-state index contributed by atoms with van der Waals surface area (Å²) in [5.41, 5.74) is 2.38. The minimum atomic E-state index is -0.581. The monoisotopic (exact) mass is 367 g/mol. The van der Waals surface area contributed by atoms with Crippen LogP contribution < -0.4 is 10.1 Å². The Kier molecular flexibility index (Phi) is 4.14. The van der Waals surface area contributed by atoms with Crippen LogP contribution in [0.5, 0.6) is 5.75 Å². The van der Waals surface area contributed by atoms with Crippen molar-refractivity contribution in [1.82, 2.24) is 9.38 Å². The van der Waals surface area contributed by atoms with Crippen LogP contribution in [0.3, 0.4) is 0 Å². The van der Waals surface area contributed by atoms with Crippen LogP contribution in [0, 0.1) is 5.82 Å². The molecular formula is C19H14FN3O2S. The van der Waals surface area contributed by atoms with E-state index in [0.717, 1.165) is 22.3 Å². The van der Waals surface area contributed by atoms with Gasteiger partial charge in [0.25, 0.3) is 5.91 Å². The average Bonchev–Trinajstić information content (AvgIpc) is 3.24. The zero-order chi connectivity index (χ0) is 18.1. The summed E-state index contributed by atoms with van der Waals surface area (Å²) >= 11 is 1.54. The molecule has 1 amide bonds. The molecule has 0 saturated carbocycles. The number of hydrogen-bond donors (Lipinski definition) is 1. The van der Waals surface area contributed by atoms with E-state index in [0.29, 0.717) is 5.69 Å². The lowest BCUT2D eigenvalue weighted by atomic mass is 10.1. The van der Waals surface area contributed by atoms with Gasteiger partial charge < -0.3 is 10.1 Å². The molecule has 0 unspecified atom stereocenters. The molecular weight excluding hydrogens is 353 g/mol. The molecule has 0 atom stereocenters. The van der Waals surface area contributed by atoms with Gasteiger partial charge in [-0.25, -0.2) is 9.37 Å².